The Kier molecular flexibility index (Phi) is 22.0. The van der Waals surface area contributed by atoms with Crippen LogP contribution in [0.1, 0.15) is 59.3 Å². The maximum atomic E-state index is 12.8. The van der Waals surface area contributed by atoms with Gasteiger partial charge in [-0.1, -0.05) is 60.1 Å². The van der Waals surface area contributed by atoms with Crippen LogP contribution in [0.2, 0.25) is 5.15 Å². The monoisotopic (exact) mass is 957 g/mol. The Morgan fingerprint density at radius 2 is 1.16 bits per heavy atom. The van der Waals surface area contributed by atoms with Crippen molar-refractivity contribution in [3.8, 4) is 0 Å². The van der Waals surface area contributed by atoms with Gasteiger partial charge in [-0.15, -0.1) is 0 Å². The van der Waals surface area contributed by atoms with Crippen molar-refractivity contribution in [1.82, 2.24) is 25.5 Å². The fourth-order valence-electron chi connectivity index (χ4n) is 7.22. The molecule has 0 bridgehead atoms. The van der Waals surface area contributed by atoms with E-state index in [2.05, 4.69) is 62.3 Å². The summed E-state index contributed by atoms with van der Waals surface area (Å²) in [5, 5.41) is 118. The lowest BCUT2D eigenvalue weighted by molar-refractivity contribution is -0.130. The van der Waals surface area contributed by atoms with Crippen LogP contribution < -0.4 is 27.4 Å². The Hall–Kier alpha value is -5.14. The zero-order valence-corrected chi connectivity index (χ0v) is 37.7. The lowest BCUT2D eigenvalue weighted by Gasteiger charge is -2.33. The summed E-state index contributed by atoms with van der Waals surface area (Å²) >= 11 is 5.83. The minimum atomic E-state index is -1.88. The SMILES string of the molecule is N=C(NCCCCc1ccc2cc(CCCC(=O)Nc3ccc(CCCN(C[C@H](O)[C@@H](O)[C@H](O)[C@H](O)CO)C[C@H](O)[C@@H](O)[C@H](O)[C@H](O)CO)cc3)ccc2c1)NC(=O)c1nc(Cl)c(N)nc1N. The number of hydrogen-bond acceptors (Lipinski definition) is 18. The van der Waals surface area contributed by atoms with Crippen LogP contribution in [0, 0.1) is 5.41 Å². The molecule has 8 atom stereocenters. The van der Waals surface area contributed by atoms with Crippen molar-refractivity contribution in [3.05, 3.63) is 88.2 Å². The second-order valence-corrected chi connectivity index (χ2v) is 16.8. The topological polar surface area (TPSA) is 377 Å². The molecule has 0 radical (unpaired) electrons. The molecule has 67 heavy (non-hydrogen) atoms. The first-order valence-corrected chi connectivity index (χ1v) is 22.3. The molecule has 18 N–H and O–H groups in total. The lowest BCUT2D eigenvalue weighted by Crippen LogP contribution is -2.53. The summed E-state index contributed by atoms with van der Waals surface area (Å²) in [6.45, 7) is -1.80. The molecule has 368 valence electrons. The van der Waals surface area contributed by atoms with Gasteiger partial charge in [0.1, 0.15) is 36.6 Å². The van der Waals surface area contributed by atoms with E-state index in [1.54, 1.807) is 12.1 Å². The number of aromatic nitrogens is 2. The van der Waals surface area contributed by atoms with Crippen molar-refractivity contribution in [3.63, 3.8) is 0 Å². The van der Waals surface area contributed by atoms with Crippen molar-refractivity contribution < 1.29 is 60.7 Å². The van der Waals surface area contributed by atoms with Crippen LogP contribution in [0.5, 0.6) is 0 Å². The predicted octanol–water partition coefficient (Wildman–Crippen LogP) is -1.21. The number of nitrogens with two attached hydrogens (primary N) is 2. The van der Waals surface area contributed by atoms with E-state index in [0.717, 1.165) is 41.2 Å². The normalized spacial score (nSPS) is 15.3. The number of benzene rings is 3. The first-order chi connectivity index (χ1) is 31.9. The average molecular weight is 959 g/mol. The molecular formula is C45H64ClN9O12. The Bertz CT molecular complexity index is 2180. The first-order valence-electron chi connectivity index (χ1n) is 21.9. The molecule has 2 amide bonds. The van der Waals surface area contributed by atoms with Gasteiger partial charge in [0, 0.05) is 31.7 Å². The quantitative estimate of drug-likeness (QED) is 0.0189. The van der Waals surface area contributed by atoms with E-state index in [1.165, 1.54) is 10.5 Å². The molecule has 22 heteroatoms. The van der Waals surface area contributed by atoms with Gasteiger partial charge in [-0.2, -0.15) is 0 Å². The second kappa shape index (κ2) is 27.0. The number of hydrogen-bond donors (Lipinski definition) is 16. The summed E-state index contributed by atoms with van der Waals surface area (Å²) in [4.78, 5) is 34.3. The fourth-order valence-corrected chi connectivity index (χ4v) is 7.34. The molecule has 1 heterocycles. The number of aliphatic hydroxyl groups excluding tert-OH is 10. The Labute approximate surface area is 392 Å². The van der Waals surface area contributed by atoms with E-state index in [4.69, 9.17) is 38.7 Å². The largest absolute Gasteiger partial charge is 0.394 e. The number of aliphatic hydroxyl groups is 10. The molecule has 0 aliphatic rings. The molecule has 0 saturated heterocycles. The summed E-state index contributed by atoms with van der Waals surface area (Å²) in [5.74, 6) is -1.36. The minimum absolute atomic E-state index is 0.0972. The molecule has 1 aromatic heterocycles. The van der Waals surface area contributed by atoms with Gasteiger partial charge >= 0.3 is 0 Å². The molecular weight excluding hydrogens is 894 g/mol. The number of amides is 2. The Balaban J connectivity index is 1.17. The Morgan fingerprint density at radius 1 is 0.657 bits per heavy atom. The zero-order valence-electron chi connectivity index (χ0n) is 37.0. The van der Waals surface area contributed by atoms with E-state index >= 15 is 0 Å². The average Bonchev–Trinajstić information content (AvgIpc) is 3.31. The Morgan fingerprint density at radius 3 is 1.72 bits per heavy atom. The summed E-state index contributed by atoms with van der Waals surface area (Å²) in [6.07, 6.45) is -9.26. The number of rotatable bonds is 27. The highest BCUT2D eigenvalue weighted by atomic mass is 35.5. The number of nitrogens with zero attached hydrogens (tertiary/aromatic N) is 3. The van der Waals surface area contributed by atoms with Crippen LogP contribution in [-0.4, -0.2) is 172 Å². The molecule has 0 saturated carbocycles. The fraction of sp³-hybridized carbons (Fsp3) is 0.489. The molecule has 0 aliphatic carbocycles. The number of anilines is 3. The molecule has 4 aromatic rings. The van der Waals surface area contributed by atoms with E-state index < -0.39 is 68.0 Å². The van der Waals surface area contributed by atoms with E-state index in [9.17, 15) is 50.4 Å². The summed E-state index contributed by atoms with van der Waals surface area (Å²) in [5.41, 5.74) is 14.8. The molecule has 21 nitrogen and oxygen atoms in total. The van der Waals surface area contributed by atoms with E-state index in [1.807, 2.05) is 12.1 Å². The first kappa shape index (κ1) is 54.5. The number of unbranched alkanes of at least 4 members (excludes halogenated alkanes) is 1. The molecule has 0 fully saturated rings. The van der Waals surface area contributed by atoms with Crippen molar-refractivity contribution in [1.29, 1.82) is 5.41 Å². The van der Waals surface area contributed by atoms with Crippen LogP contribution in [0.25, 0.3) is 10.8 Å². The third-order valence-corrected chi connectivity index (χ3v) is 11.4. The van der Waals surface area contributed by atoms with Crippen molar-refractivity contribution in [2.45, 2.75) is 100 Å². The highest BCUT2D eigenvalue weighted by molar-refractivity contribution is 6.31. The summed E-state index contributed by atoms with van der Waals surface area (Å²) in [6, 6.07) is 19.8. The van der Waals surface area contributed by atoms with Crippen LogP contribution in [0.4, 0.5) is 17.3 Å². The van der Waals surface area contributed by atoms with Crippen LogP contribution in [-0.2, 0) is 24.1 Å². The number of aryl methyl sites for hydroxylation is 3. The molecule has 0 unspecified atom stereocenters. The van der Waals surface area contributed by atoms with Gasteiger partial charge in [-0.25, -0.2) is 9.97 Å². The van der Waals surface area contributed by atoms with Crippen molar-refractivity contribution >= 4 is 57.5 Å². The second-order valence-electron chi connectivity index (χ2n) is 16.4. The van der Waals surface area contributed by atoms with Gasteiger partial charge in [0.2, 0.25) is 5.91 Å². The third kappa shape index (κ3) is 17.2. The van der Waals surface area contributed by atoms with Crippen molar-refractivity contribution in [2.75, 3.05) is 56.2 Å². The van der Waals surface area contributed by atoms with Gasteiger partial charge in [-0.3, -0.25) is 25.2 Å². The van der Waals surface area contributed by atoms with Gasteiger partial charge in [0.15, 0.2) is 28.4 Å². The van der Waals surface area contributed by atoms with E-state index in [-0.39, 0.29) is 54.0 Å². The maximum Gasteiger partial charge on any atom is 0.280 e. The number of halogens is 1. The molecule has 4 rings (SSSR count). The minimum Gasteiger partial charge on any atom is -0.394 e. The van der Waals surface area contributed by atoms with E-state index in [0.29, 0.717) is 44.3 Å². The van der Waals surface area contributed by atoms with Crippen molar-refractivity contribution in [2.24, 2.45) is 0 Å². The number of nitrogen functional groups attached to an aromatic ring is 2. The third-order valence-electron chi connectivity index (χ3n) is 11.1. The molecule has 3 aromatic carbocycles. The van der Waals surface area contributed by atoms with Gasteiger partial charge < -0.3 is 73.2 Å². The molecule has 0 aliphatic heterocycles. The standard InChI is InChI=1S/C45H64ClN9O12/c46-41-43(48)53-42(47)36(52-41)44(67)54-45(49)50-17-2-1-5-26-9-13-29-20-27(10-14-28(29)19-26)6-3-8-35(62)51-30-15-11-25(12-16-30)7-4-18-55(21-31(58)37(63)39(65)33(60)23-56)22-32(59)38(64)40(66)34(61)24-57/h9-16,19-20,31-34,37-40,56-61,63-66H,1-8,17-18,21-24H2,(H,51,62)(H4,47,48,53)(H3,49,50,54,67)/t31-,32-,33+,34+,37+,38+,39+,40+/m0/s1. The van der Waals surface area contributed by atoms with Crippen LogP contribution >= 0.6 is 11.6 Å². The smallest absolute Gasteiger partial charge is 0.280 e. The maximum absolute atomic E-state index is 12.8. The lowest BCUT2D eigenvalue weighted by atomic mass is 9.99. The highest BCUT2D eigenvalue weighted by Gasteiger charge is 2.34. The van der Waals surface area contributed by atoms with Crippen LogP contribution in [0.15, 0.2) is 60.7 Å². The van der Waals surface area contributed by atoms with Gasteiger partial charge in [0.05, 0.1) is 25.4 Å². The van der Waals surface area contributed by atoms with Gasteiger partial charge in [0.25, 0.3) is 5.91 Å². The zero-order chi connectivity index (χ0) is 49.2. The number of nitrogens with one attached hydrogen (secondary N) is 4. The summed E-state index contributed by atoms with van der Waals surface area (Å²) < 4.78 is 0. The van der Waals surface area contributed by atoms with Crippen LogP contribution in [0.3, 0.4) is 0 Å². The number of carbonyl (C=O) groups excluding carboxylic acids is 2. The number of guanidine groups is 1. The molecule has 0 spiro atoms. The predicted molar refractivity (Wildman–Crippen MR) is 251 cm³/mol. The summed E-state index contributed by atoms with van der Waals surface area (Å²) in [7, 11) is 0. The number of carbonyl (C=O) groups is 2. The van der Waals surface area contributed by atoms with Gasteiger partial charge in [-0.05, 0) is 91.1 Å². The number of fused-ring (bicyclic) bond motifs is 1. The highest BCUT2D eigenvalue weighted by Crippen LogP contribution is 2.22.